The van der Waals surface area contributed by atoms with Gasteiger partial charge in [-0.15, -0.1) is 0 Å². The van der Waals surface area contributed by atoms with E-state index in [4.69, 9.17) is 5.73 Å². The zero-order valence-electron chi connectivity index (χ0n) is 7.88. The molecule has 0 aromatic rings. The number of alkyl halides is 5. The molecule has 1 nitrogen and oxygen atoms in total. The fraction of sp³-hybridized carbons (Fsp3) is 1.00. The van der Waals surface area contributed by atoms with Gasteiger partial charge >= 0.3 is 12.1 Å². The van der Waals surface area contributed by atoms with Crippen molar-refractivity contribution >= 4 is 0 Å². The van der Waals surface area contributed by atoms with Gasteiger partial charge in [-0.25, -0.2) is 0 Å². The Hall–Kier alpha value is -0.390. The molecule has 1 fully saturated rings. The lowest BCUT2D eigenvalue weighted by atomic mass is 9.98. The van der Waals surface area contributed by atoms with Crippen LogP contribution < -0.4 is 5.73 Å². The number of hydrogen-bond acceptors (Lipinski definition) is 1. The van der Waals surface area contributed by atoms with Crippen molar-refractivity contribution in [1.29, 1.82) is 0 Å². The van der Waals surface area contributed by atoms with E-state index < -0.39 is 29.5 Å². The number of nitrogens with two attached hydrogens (primary N) is 1. The van der Waals surface area contributed by atoms with E-state index in [2.05, 4.69) is 0 Å². The molecule has 0 spiro atoms. The van der Waals surface area contributed by atoms with Crippen LogP contribution in [0.1, 0.15) is 26.7 Å². The largest absolute Gasteiger partial charge is 0.453 e. The van der Waals surface area contributed by atoms with Gasteiger partial charge < -0.3 is 5.73 Å². The van der Waals surface area contributed by atoms with Crippen LogP contribution in [0.5, 0.6) is 0 Å². The Morgan fingerprint density at radius 2 is 1.50 bits per heavy atom. The second-order valence-corrected chi connectivity index (χ2v) is 4.60. The standard InChI is InChI=1S/C8H12F5N/c1-5(2)3-6(5,14)4-7(9,10)8(11,12)13/h3-4,14H2,1-2H3. The molecule has 0 radical (unpaired) electrons. The molecule has 0 saturated heterocycles. The summed E-state index contributed by atoms with van der Waals surface area (Å²) in [6.07, 6.45) is -6.62. The minimum absolute atomic E-state index is 0.200. The molecule has 0 aromatic carbocycles. The van der Waals surface area contributed by atoms with Crippen molar-refractivity contribution in [3.05, 3.63) is 0 Å². The Morgan fingerprint density at radius 3 is 1.71 bits per heavy atom. The van der Waals surface area contributed by atoms with Crippen molar-refractivity contribution in [3.8, 4) is 0 Å². The van der Waals surface area contributed by atoms with Crippen molar-refractivity contribution in [2.75, 3.05) is 0 Å². The Morgan fingerprint density at radius 1 is 1.14 bits per heavy atom. The lowest BCUT2D eigenvalue weighted by molar-refractivity contribution is -0.287. The van der Waals surface area contributed by atoms with Gasteiger partial charge in [-0.3, -0.25) is 0 Å². The van der Waals surface area contributed by atoms with E-state index in [9.17, 15) is 22.0 Å². The monoisotopic (exact) mass is 217 g/mol. The van der Waals surface area contributed by atoms with E-state index in [0.29, 0.717) is 0 Å². The summed E-state index contributed by atoms with van der Waals surface area (Å²) in [7, 11) is 0. The van der Waals surface area contributed by atoms with Gasteiger partial charge in [-0.1, -0.05) is 13.8 Å². The van der Waals surface area contributed by atoms with Crippen LogP contribution in [0.3, 0.4) is 0 Å². The quantitative estimate of drug-likeness (QED) is 0.707. The highest BCUT2D eigenvalue weighted by atomic mass is 19.4. The van der Waals surface area contributed by atoms with Crippen LogP contribution in [0.25, 0.3) is 0 Å². The van der Waals surface area contributed by atoms with Gasteiger partial charge in [0.15, 0.2) is 0 Å². The normalized spacial score (nSPS) is 31.7. The molecule has 0 aromatic heterocycles. The van der Waals surface area contributed by atoms with Crippen molar-refractivity contribution in [3.63, 3.8) is 0 Å². The van der Waals surface area contributed by atoms with Crippen molar-refractivity contribution in [2.24, 2.45) is 11.1 Å². The third-order valence-electron chi connectivity index (χ3n) is 2.93. The summed E-state index contributed by atoms with van der Waals surface area (Å²) >= 11 is 0. The molecule has 1 aliphatic carbocycles. The van der Waals surface area contributed by atoms with Crippen molar-refractivity contribution in [1.82, 2.24) is 0 Å². The van der Waals surface area contributed by atoms with Crippen LogP contribution in [-0.2, 0) is 0 Å². The van der Waals surface area contributed by atoms with Crippen LogP contribution in [0.2, 0.25) is 0 Å². The van der Waals surface area contributed by atoms with Gasteiger partial charge in [-0.2, -0.15) is 22.0 Å². The minimum Gasteiger partial charge on any atom is -0.324 e. The van der Waals surface area contributed by atoms with Crippen molar-refractivity contribution in [2.45, 2.75) is 44.3 Å². The first kappa shape index (κ1) is 11.7. The number of rotatable bonds is 2. The van der Waals surface area contributed by atoms with E-state index >= 15 is 0 Å². The first-order valence-electron chi connectivity index (χ1n) is 4.15. The average molecular weight is 217 g/mol. The summed E-state index contributed by atoms with van der Waals surface area (Å²) in [4.78, 5) is 0. The highest BCUT2D eigenvalue weighted by Gasteiger charge is 2.68. The summed E-state index contributed by atoms with van der Waals surface area (Å²) in [5.74, 6) is -4.69. The van der Waals surface area contributed by atoms with Gasteiger partial charge in [0.1, 0.15) is 0 Å². The molecular formula is C8H12F5N. The van der Waals surface area contributed by atoms with Gasteiger partial charge in [-0.05, 0) is 11.8 Å². The molecule has 0 heterocycles. The first-order chi connectivity index (χ1) is 5.91. The third-order valence-corrected chi connectivity index (χ3v) is 2.93. The Kier molecular flexibility index (Phi) is 2.16. The van der Waals surface area contributed by atoms with E-state index in [0.717, 1.165) is 0 Å². The number of hydrogen-bond donors (Lipinski definition) is 1. The predicted octanol–water partition coefficient (Wildman–Crippen LogP) is 2.70. The molecule has 6 heteroatoms. The average Bonchev–Trinajstić information content (AvgIpc) is 2.24. The molecule has 2 N–H and O–H groups in total. The molecule has 84 valence electrons. The minimum atomic E-state index is -5.50. The van der Waals surface area contributed by atoms with Crippen LogP contribution in [0, 0.1) is 5.41 Å². The summed E-state index contributed by atoms with van der Waals surface area (Å²) < 4.78 is 60.7. The zero-order chi connectivity index (χ0) is 11.4. The molecule has 14 heavy (non-hydrogen) atoms. The van der Waals surface area contributed by atoms with Gasteiger partial charge in [0.05, 0.1) is 0 Å². The van der Waals surface area contributed by atoms with Crippen LogP contribution in [0.4, 0.5) is 22.0 Å². The lowest BCUT2D eigenvalue weighted by Gasteiger charge is -2.24. The van der Waals surface area contributed by atoms with Crippen molar-refractivity contribution < 1.29 is 22.0 Å². The number of halogens is 5. The summed E-state index contributed by atoms with van der Waals surface area (Å²) in [6.45, 7) is 3.17. The Balaban J connectivity index is 2.71. The van der Waals surface area contributed by atoms with Crippen LogP contribution >= 0.6 is 0 Å². The maximum Gasteiger partial charge on any atom is 0.453 e. The molecule has 0 aliphatic heterocycles. The summed E-state index contributed by atoms with van der Waals surface area (Å²) in [5, 5.41) is 0. The Labute approximate surface area is 78.5 Å². The third kappa shape index (κ3) is 1.71. The maximum absolute atomic E-state index is 12.6. The molecule has 1 aliphatic rings. The van der Waals surface area contributed by atoms with E-state index in [1.54, 1.807) is 13.8 Å². The predicted molar refractivity (Wildman–Crippen MR) is 40.9 cm³/mol. The second-order valence-electron chi connectivity index (χ2n) is 4.60. The van der Waals surface area contributed by atoms with E-state index in [1.807, 2.05) is 0 Å². The van der Waals surface area contributed by atoms with Crippen LogP contribution in [0.15, 0.2) is 0 Å². The molecule has 1 rings (SSSR count). The molecule has 1 unspecified atom stereocenters. The molecule has 1 atom stereocenters. The fourth-order valence-corrected chi connectivity index (χ4v) is 1.54. The molecule has 1 saturated carbocycles. The fourth-order valence-electron chi connectivity index (χ4n) is 1.54. The highest BCUT2D eigenvalue weighted by molar-refractivity contribution is 5.17. The van der Waals surface area contributed by atoms with Crippen LogP contribution in [-0.4, -0.2) is 17.6 Å². The SMILES string of the molecule is CC1(C)CC1(N)CC(F)(F)C(F)(F)F. The second kappa shape index (κ2) is 2.59. The molecule has 0 amide bonds. The molecule has 0 bridgehead atoms. The Bertz CT molecular complexity index is 245. The van der Waals surface area contributed by atoms with Gasteiger partial charge in [0.25, 0.3) is 0 Å². The zero-order valence-corrected chi connectivity index (χ0v) is 7.88. The highest BCUT2D eigenvalue weighted by Crippen LogP contribution is 2.59. The summed E-state index contributed by atoms with van der Waals surface area (Å²) in [6, 6.07) is 0. The maximum atomic E-state index is 12.6. The topological polar surface area (TPSA) is 26.0 Å². The van der Waals surface area contributed by atoms with E-state index in [-0.39, 0.29) is 6.42 Å². The van der Waals surface area contributed by atoms with Gasteiger partial charge in [0.2, 0.25) is 0 Å². The molecular weight excluding hydrogens is 205 g/mol. The van der Waals surface area contributed by atoms with Gasteiger partial charge in [0, 0.05) is 12.0 Å². The first-order valence-corrected chi connectivity index (χ1v) is 4.15. The smallest absolute Gasteiger partial charge is 0.324 e. The summed E-state index contributed by atoms with van der Waals surface area (Å²) in [5.41, 5.74) is 3.42. The lowest BCUT2D eigenvalue weighted by Crippen LogP contribution is -2.44. The van der Waals surface area contributed by atoms with E-state index in [1.165, 1.54) is 0 Å².